The molecule has 3 N–H and O–H groups in total. The summed E-state index contributed by atoms with van der Waals surface area (Å²) >= 11 is 0. The largest absolute Gasteiger partial charge is 0.478 e. The van der Waals surface area contributed by atoms with Gasteiger partial charge in [-0.3, -0.25) is 4.79 Å². The van der Waals surface area contributed by atoms with Gasteiger partial charge in [0.25, 0.3) is 0 Å². The molecule has 0 aromatic heterocycles. The van der Waals surface area contributed by atoms with E-state index in [0.29, 0.717) is 11.4 Å². The number of anilines is 1. The minimum atomic E-state index is -1.36. The van der Waals surface area contributed by atoms with Crippen LogP contribution >= 0.6 is 0 Å². The van der Waals surface area contributed by atoms with Crippen LogP contribution in [0.5, 0.6) is 11.5 Å². The zero-order valence-electron chi connectivity index (χ0n) is 14.4. The Kier molecular flexibility index (Phi) is 6.49. The average molecular weight is 367 g/mol. The minimum Gasteiger partial charge on any atom is -0.478 e. The Balaban J connectivity index is 2.10. The SMILES string of the molecule is C/C=C/C=C/C(=O)Nc1ccc(Oc2ccc(C(=O)O)c(C(=O)O)c2)cc1. The quantitative estimate of drug-likeness (QED) is 0.504. The van der Waals surface area contributed by atoms with Gasteiger partial charge in [-0.1, -0.05) is 18.2 Å². The monoisotopic (exact) mass is 367 g/mol. The van der Waals surface area contributed by atoms with Crippen molar-refractivity contribution in [2.45, 2.75) is 6.92 Å². The Morgan fingerprint density at radius 2 is 1.52 bits per heavy atom. The summed E-state index contributed by atoms with van der Waals surface area (Å²) in [4.78, 5) is 33.9. The highest BCUT2D eigenvalue weighted by atomic mass is 16.5. The van der Waals surface area contributed by atoms with Gasteiger partial charge in [0, 0.05) is 11.8 Å². The number of allylic oxidation sites excluding steroid dienone is 3. The van der Waals surface area contributed by atoms with Crippen molar-refractivity contribution in [3.63, 3.8) is 0 Å². The summed E-state index contributed by atoms with van der Waals surface area (Å²) in [6.07, 6.45) is 6.54. The molecule has 0 aliphatic rings. The summed E-state index contributed by atoms with van der Waals surface area (Å²) in [6.45, 7) is 1.84. The lowest BCUT2D eigenvalue weighted by Crippen LogP contribution is -2.08. The molecule has 2 aromatic carbocycles. The Labute approximate surface area is 155 Å². The maximum atomic E-state index is 11.7. The highest BCUT2D eigenvalue weighted by Crippen LogP contribution is 2.25. The number of aromatic carboxylic acids is 2. The maximum absolute atomic E-state index is 11.7. The van der Waals surface area contributed by atoms with Gasteiger partial charge in [-0.05, 0) is 49.4 Å². The van der Waals surface area contributed by atoms with E-state index < -0.39 is 11.9 Å². The number of carboxylic acid groups (broad SMARTS) is 2. The van der Waals surface area contributed by atoms with Crippen LogP contribution in [0.15, 0.2) is 66.8 Å². The van der Waals surface area contributed by atoms with Crippen LogP contribution in [-0.2, 0) is 4.79 Å². The third kappa shape index (κ3) is 5.57. The number of amides is 1. The Bertz CT molecular complexity index is 913. The average Bonchev–Trinajstić information content (AvgIpc) is 2.63. The number of carbonyl (C=O) groups is 3. The van der Waals surface area contributed by atoms with Gasteiger partial charge in [-0.2, -0.15) is 0 Å². The van der Waals surface area contributed by atoms with Crippen LogP contribution in [0, 0.1) is 0 Å². The Hall–Kier alpha value is -3.87. The van der Waals surface area contributed by atoms with E-state index in [-0.39, 0.29) is 22.8 Å². The number of rotatable bonds is 7. The number of ether oxygens (including phenoxy) is 1. The van der Waals surface area contributed by atoms with Gasteiger partial charge in [-0.25, -0.2) is 9.59 Å². The van der Waals surface area contributed by atoms with E-state index in [2.05, 4.69) is 5.32 Å². The van der Waals surface area contributed by atoms with E-state index in [1.165, 1.54) is 18.2 Å². The molecule has 0 bridgehead atoms. The van der Waals surface area contributed by atoms with Gasteiger partial charge in [-0.15, -0.1) is 0 Å². The molecular weight excluding hydrogens is 350 g/mol. The van der Waals surface area contributed by atoms with E-state index in [4.69, 9.17) is 14.9 Å². The zero-order valence-corrected chi connectivity index (χ0v) is 14.4. The molecule has 0 saturated carbocycles. The lowest BCUT2D eigenvalue weighted by molar-refractivity contribution is -0.111. The van der Waals surface area contributed by atoms with Crippen molar-refractivity contribution in [2.24, 2.45) is 0 Å². The van der Waals surface area contributed by atoms with Gasteiger partial charge < -0.3 is 20.3 Å². The number of benzene rings is 2. The van der Waals surface area contributed by atoms with Gasteiger partial charge >= 0.3 is 11.9 Å². The molecule has 0 spiro atoms. The molecule has 0 fully saturated rings. The summed E-state index contributed by atoms with van der Waals surface area (Å²) in [6, 6.07) is 10.1. The van der Waals surface area contributed by atoms with Gasteiger partial charge in [0.1, 0.15) is 11.5 Å². The number of nitrogens with one attached hydrogen (secondary N) is 1. The highest BCUT2D eigenvalue weighted by Gasteiger charge is 2.17. The summed E-state index contributed by atoms with van der Waals surface area (Å²) in [5.41, 5.74) is -0.124. The van der Waals surface area contributed by atoms with Crippen molar-refractivity contribution in [1.82, 2.24) is 0 Å². The van der Waals surface area contributed by atoms with E-state index >= 15 is 0 Å². The molecule has 0 unspecified atom stereocenters. The summed E-state index contributed by atoms with van der Waals surface area (Å²) in [5.74, 6) is -2.39. The second kappa shape index (κ2) is 9.00. The maximum Gasteiger partial charge on any atom is 0.336 e. The highest BCUT2D eigenvalue weighted by molar-refractivity contribution is 6.02. The first-order valence-electron chi connectivity index (χ1n) is 7.89. The van der Waals surface area contributed by atoms with Gasteiger partial charge in [0.05, 0.1) is 11.1 Å². The predicted octanol–water partition coefficient (Wildman–Crippen LogP) is 3.95. The molecule has 0 saturated heterocycles. The predicted molar refractivity (Wildman–Crippen MR) is 99.5 cm³/mol. The van der Waals surface area contributed by atoms with E-state index in [1.54, 1.807) is 42.5 Å². The lowest BCUT2D eigenvalue weighted by atomic mass is 10.1. The first-order chi connectivity index (χ1) is 12.9. The van der Waals surface area contributed by atoms with Crippen molar-refractivity contribution in [2.75, 3.05) is 5.32 Å². The van der Waals surface area contributed by atoms with Crippen LogP contribution in [0.3, 0.4) is 0 Å². The Morgan fingerprint density at radius 3 is 2.11 bits per heavy atom. The molecule has 0 aliphatic carbocycles. The third-order valence-electron chi connectivity index (χ3n) is 3.36. The van der Waals surface area contributed by atoms with E-state index in [9.17, 15) is 14.4 Å². The Morgan fingerprint density at radius 1 is 0.889 bits per heavy atom. The van der Waals surface area contributed by atoms with Crippen LogP contribution in [-0.4, -0.2) is 28.1 Å². The van der Waals surface area contributed by atoms with Crippen LogP contribution in [0.2, 0.25) is 0 Å². The van der Waals surface area contributed by atoms with Crippen molar-refractivity contribution in [1.29, 1.82) is 0 Å². The number of hydrogen-bond acceptors (Lipinski definition) is 4. The molecule has 1 amide bonds. The summed E-state index contributed by atoms with van der Waals surface area (Å²) < 4.78 is 5.55. The summed E-state index contributed by atoms with van der Waals surface area (Å²) in [5, 5.41) is 20.8. The summed E-state index contributed by atoms with van der Waals surface area (Å²) in [7, 11) is 0. The second-order valence-corrected chi connectivity index (χ2v) is 5.32. The van der Waals surface area contributed by atoms with Crippen LogP contribution < -0.4 is 10.1 Å². The smallest absolute Gasteiger partial charge is 0.336 e. The molecule has 138 valence electrons. The first-order valence-corrected chi connectivity index (χ1v) is 7.89. The van der Waals surface area contributed by atoms with Gasteiger partial charge in [0.15, 0.2) is 0 Å². The fourth-order valence-electron chi connectivity index (χ4n) is 2.13. The van der Waals surface area contributed by atoms with Crippen LogP contribution in [0.25, 0.3) is 0 Å². The van der Waals surface area contributed by atoms with Crippen molar-refractivity contribution < 1.29 is 29.3 Å². The molecule has 2 aromatic rings. The standard InChI is InChI=1S/C20H17NO6/c1-2-3-4-5-18(22)21-13-6-8-14(9-7-13)27-15-10-11-16(19(23)24)17(12-15)20(25)26/h2-12H,1H3,(H,21,22)(H,23,24)(H,25,26)/b3-2+,5-4+. The van der Waals surface area contributed by atoms with Gasteiger partial charge in [0.2, 0.25) is 5.91 Å². The molecule has 2 rings (SSSR count). The normalized spacial score (nSPS) is 10.9. The molecule has 0 atom stereocenters. The molecule has 7 heteroatoms. The van der Waals surface area contributed by atoms with Crippen molar-refractivity contribution in [3.05, 3.63) is 77.9 Å². The van der Waals surface area contributed by atoms with E-state index in [1.807, 2.05) is 6.92 Å². The van der Waals surface area contributed by atoms with Crippen LogP contribution in [0.4, 0.5) is 5.69 Å². The molecule has 27 heavy (non-hydrogen) atoms. The first kappa shape index (κ1) is 19.5. The fraction of sp³-hybridized carbons (Fsp3) is 0.0500. The minimum absolute atomic E-state index is 0.184. The van der Waals surface area contributed by atoms with Crippen LogP contribution in [0.1, 0.15) is 27.6 Å². The molecular formula is C20H17NO6. The lowest BCUT2D eigenvalue weighted by Gasteiger charge is -2.09. The number of hydrogen-bond donors (Lipinski definition) is 3. The molecule has 7 nitrogen and oxygen atoms in total. The molecule has 0 heterocycles. The zero-order chi connectivity index (χ0) is 19.8. The topological polar surface area (TPSA) is 113 Å². The molecule has 0 aliphatic heterocycles. The number of carbonyl (C=O) groups excluding carboxylic acids is 1. The second-order valence-electron chi connectivity index (χ2n) is 5.32. The number of carboxylic acids is 2. The van der Waals surface area contributed by atoms with Crippen molar-refractivity contribution in [3.8, 4) is 11.5 Å². The van der Waals surface area contributed by atoms with Crippen molar-refractivity contribution >= 4 is 23.5 Å². The van der Waals surface area contributed by atoms with E-state index in [0.717, 1.165) is 6.07 Å². The fourth-order valence-corrected chi connectivity index (χ4v) is 2.13. The third-order valence-corrected chi connectivity index (χ3v) is 3.36. The molecule has 0 radical (unpaired) electrons.